The maximum absolute atomic E-state index is 13.1. The van der Waals surface area contributed by atoms with Gasteiger partial charge in [0, 0.05) is 18.7 Å². The molecule has 3 aromatic rings. The van der Waals surface area contributed by atoms with Gasteiger partial charge in [0.05, 0.1) is 32.5 Å². The van der Waals surface area contributed by atoms with Gasteiger partial charge in [-0.15, -0.1) is 0 Å². The number of hydrogen-bond acceptors (Lipinski definition) is 7. The highest BCUT2D eigenvalue weighted by molar-refractivity contribution is 6.15. The molecule has 7 heteroatoms. The number of methoxy groups -OCH3 is 3. The first-order valence-electron chi connectivity index (χ1n) is 11.4. The number of Topliss-reactive ketones (excluding diaryl/α,β-unsaturated/α-hetero) is 1. The molecule has 0 fully saturated rings. The van der Waals surface area contributed by atoms with Crippen molar-refractivity contribution in [3.63, 3.8) is 0 Å². The molecule has 2 heterocycles. The maximum atomic E-state index is 13.1. The van der Waals surface area contributed by atoms with E-state index in [0.717, 1.165) is 35.4 Å². The van der Waals surface area contributed by atoms with Crippen molar-refractivity contribution in [2.24, 2.45) is 0 Å². The van der Waals surface area contributed by atoms with Crippen molar-refractivity contribution >= 4 is 11.9 Å². The summed E-state index contributed by atoms with van der Waals surface area (Å²) < 4.78 is 28.3. The third-order valence-corrected chi connectivity index (χ3v) is 6.27. The maximum Gasteiger partial charge on any atom is 0.231 e. The van der Waals surface area contributed by atoms with Gasteiger partial charge < -0.3 is 23.7 Å². The zero-order valence-electron chi connectivity index (χ0n) is 20.0. The van der Waals surface area contributed by atoms with Crippen LogP contribution in [-0.2, 0) is 13.0 Å². The molecule has 0 unspecified atom stereocenters. The molecule has 0 amide bonds. The average Bonchev–Trinajstić information content (AvgIpc) is 3.22. The van der Waals surface area contributed by atoms with Gasteiger partial charge in [0.25, 0.3) is 0 Å². The summed E-state index contributed by atoms with van der Waals surface area (Å²) in [6.45, 7) is 1.87. The van der Waals surface area contributed by atoms with Crippen LogP contribution in [0.2, 0.25) is 0 Å². The highest BCUT2D eigenvalue weighted by atomic mass is 16.5. The second-order valence-electron chi connectivity index (χ2n) is 8.37. The molecule has 2 aliphatic rings. The zero-order valence-corrected chi connectivity index (χ0v) is 20.0. The van der Waals surface area contributed by atoms with E-state index in [-0.39, 0.29) is 11.5 Å². The SMILES string of the molecule is COc1ccccc1/C=C1\Oc2c(ccc3c2CN(CCc2ccc(OC)c(OC)c2)CO3)C1=O. The molecule has 2 aliphatic heterocycles. The lowest BCUT2D eigenvalue weighted by Gasteiger charge is -2.29. The van der Waals surface area contributed by atoms with Crippen molar-refractivity contribution in [1.82, 2.24) is 4.90 Å². The fourth-order valence-corrected chi connectivity index (χ4v) is 4.40. The minimum absolute atomic E-state index is 0.142. The Kier molecular flexibility index (Phi) is 6.33. The van der Waals surface area contributed by atoms with Crippen LogP contribution >= 0.6 is 0 Å². The molecule has 0 bridgehead atoms. The van der Waals surface area contributed by atoms with E-state index in [9.17, 15) is 4.79 Å². The average molecular weight is 474 g/mol. The summed E-state index contributed by atoms with van der Waals surface area (Å²) in [6.07, 6.45) is 2.54. The van der Waals surface area contributed by atoms with E-state index >= 15 is 0 Å². The quantitative estimate of drug-likeness (QED) is 0.460. The number of rotatable bonds is 7. The Morgan fingerprint density at radius 2 is 1.74 bits per heavy atom. The lowest BCUT2D eigenvalue weighted by Crippen LogP contribution is -2.33. The molecule has 7 nitrogen and oxygen atoms in total. The van der Waals surface area contributed by atoms with E-state index in [0.29, 0.717) is 41.8 Å². The number of benzene rings is 3. The Labute approximate surface area is 204 Å². The molecule has 0 saturated carbocycles. The summed E-state index contributed by atoms with van der Waals surface area (Å²) >= 11 is 0. The predicted molar refractivity (Wildman–Crippen MR) is 132 cm³/mol. The number of ketones is 1. The van der Waals surface area contributed by atoms with Crippen LogP contribution in [0.15, 0.2) is 60.4 Å². The first kappa shape index (κ1) is 22.8. The minimum atomic E-state index is -0.142. The predicted octanol–water partition coefficient (Wildman–Crippen LogP) is 4.72. The van der Waals surface area contributed by atoms with Gasteiger partial charge in [-0.05, 0) is 48.4 Å². The highest BCUT2D eigenvalue weighted by Gasteiger charge is 2.33. The summed E-state index contributed by atoms with van der Waals surface area (Å²) in [5.74, 6) is 3.56. The molecule has 35 heavy (non-hydrogen) atoms. The molecule has 0 saturated heterocycles. The second-order valence-corrected chi connectivity index (χ2v) is 8.37. The fourth-order valence-electron chi connectivity index (χ4n) is 4.40. The van der Waals surface area contributed by atoms with E-state index in [1.807, 2.05) is 48.5 Å². The van der Waals surface area contributed by atoms with Crippen LogP contribution in [-0.4, -0.2) is 45.3 Å². The molecule has 0 N–H and O–H groups in total. The van der Waals surface area contributed by atoms with Crippen LogP contribution in [0, 0.1) is 0 Å². The highest BCUT2D eigenvalue weighted by Crippen LogP contribution is 2.42. The van der Waals surface area contributed by atoms with Gasteiger partial charge in [-0.1, -0.05) is 24.3 Å². The van der Waals surface area contributed by atoms with E-state index in [2.05, 4.69) is 4.90 Å². The van der Waals surface area contributed by atoms with E-state index in [4.69, 9.17) is 23.7 Å². The molecule has 3 aromatic carbocycles. The van der Waals surface area contributed by atoms with Gasteiger partial charge in [0.15, 0.2) is 17.3 Å². The van der Waals surface area contributed by atoms with Crippen molar-refractivity contribution in [1.29, 1.82) is 0 Å². The first-order valence-corrected chi connectivity index (χ1v) is 11.4. The van der Waals surface area contributed by atoms with Gasteiger partial charge in [0.1, 0.15) is 24.0 Å². The van der Waals surface area contributed by atoms with Crippen molar-refractivity contribution in [2.45, 2.75) is 13.0 Å². The Morgan fingerprint density at radius 3 is 2.54 bits per heavy atom. The summed E-state index contributed by atoms with van der Waals surface area (Å²) in [5.41, 5.74) is 3.36. The molecule has 0 aromatic heterocycles. The number of ether oxygens (including phenoxy) is 5. The Hall–Kier alpha value is -3.97. The normalized spacial score (nSPS) is 15.7. The Morgan fingerprint density at radius 1 is 0.943 bits per heavy atom. The number of carbonyl (C=O) groups excluding carboxylic acids is 1. The van der Waals surface area contributed by atoms with Crippen LogP contribution in [0.25, 0.3) is 6.08 Å². The molecule has 5 rings (SSSR count). The van der Waals surface area contributed by atoms with Gasteiger partial charge in [0.2, 0.25) is 5.78 Å². The number of hydrogen-bond donors (Lipinski definition) is 0. The molecular weight excluding hydrogens is 446 g/mol. The molecule has 0 spiro atoms. The topological polar surface area (TPSA) is 66.5 Å². The van der Waals surface area contributed by atoms with Crippen molar-refractivity contribution in [2.75, 3.05) is 34.6 Å². The lowest BCUT2D eigenvalue weighted by molar-refractivity contribution is 0.0949. The van der Waals surface area contributed by atoms with Gasteiger partial charge >= 0.3 is 0 Å². The number of allylic oxidation sites excluding steroid dienone is 1. The molecule has 0 aliphatic carbocycles. The summed E-state index contributed by atoms with van der Waals surface area (Å²) in [5, 5.41) is 0. The standard InChI is InChI=1S/C28H27NO6/c1-31-22-7-5-4-6-19(22)15-26-27(30)20-9-11-23-21(28(20)35-26)16-29(17-34-23)13-12-18-8-10-24(32-2)25(14-18)33-3/h4-11,14-15H,12-13,16-17H2,1-3H3/b26-15-. The van der Waals surface area contributed by atoms with Crippen molar-refractivity contribution in [3.05, 3.63) is 82.6 Å². The van der Waals surface area contributed by atoms with E-state index in [1.165, 1.54) is 0 Å². The van der Waals surface area contributed by atoms with Gasteiger partial charge in [-0.25, -0.2) is 0 Å². The monoisotopic (exact) mass is 473 g/mol. The van der Waals surface area contributed by atoms with Crippen molar-refractivity contribution < 1.29 is 28.5 Å². The van der Waals surface area contributed by atoms with Crippen LogP contribution in [0.1, 0.15) is 27.0 Å². The molecular formula is C28H27NO6. The Balaban J connectivity index is 1.34. The smallest absolute Gasteiger partial charge is 0.231 e. The Bertz CT molecular complexity index is 1300. The van der Waals surface area contributed by atoms with Crippen LogP contribution < -0.4 is 23.7 Å². The number of fused-ring (bicyclic) bond motifs is 3. The second kappa shape index (κ2) is 9.72. The third-order valence-electron chi connectivity index (χ3n) is 6.27. The van der Waals surface area contributed by atoms with Crippen molar-refractivity contribution in [3.8, 4) is 28.7 Å². The van der Waals surface area contributed by atoms with E-state index in [1.54, 1.807) is 33.5 Å². The third kappa shape index (κ3) is 4.42. The number of nitrogens with zero attached hydrogens (tertiary/aromatic N) is 1. The number of carbonyl (C=O) groups is 1. The van der Waals surface area contributed by atoms with E-state index < -0.39 is 0 Å². The lowest BCUT2D eigenvalue weighted by atomic mass is 10.0. The fraction of sp³-hybridized carbons (Fsp3) is 0.250. The van der Waals surface area contributed by atoms with Crippen LogP contribution in [0.3, 0.4) is 0 Å². The largest absolute Gasteiger partial charge is 0.496 e. The first-order chi connectivity index (χ1) is 17.1. The van der Waals surface area contributed by atoms with Crippen LogP contribution in [0.5, 0.6) is 28.7 Å². The summed E-state index contributed by atoms with van der Waals surface area (Å²) in [4.78, 5) is 15.3. The van der Waals surface area contributed by atoms with Gasteiger partial charge in [-0.2, -0.15) is 0 Å². The van der Waals surface area contributed by atoms with Gasteiger partial charge in [-0.3, -0.25) is 9.69 Å². The van der Waals surface area contributed by atoms with Crippen LogP contribution in [0.4, 0.5) is 0 Å². The summed E-state index contributed by atoms with van der Waals surface area (Å²) in [6, 6.07) is 17.1. The number of para-hydroxylation sites is 1. The minimum Gasteiger partial charge on any atom is -0.496 e. The molecule has 0 atom stereocenters. The summed E-state index contributed by atoms with van der Waals surface area (Å²) in [7, 11) is 4.87. The molecule has 0 radical (unpaired) electrons. The zero-order chi connectivity index (χ0) is 24.4. The molecule has 180 valence electrons.